The summed E-state index contributed by atoms with van der Waals surface area (Å²) in [5.41, 5.74) is 0.752. The minimum Gasteiger partial charge on any atom is -0.327 e. The van der Waals surface area contributed by atoms with Crippen LogP contribution in [0, 0.1) is 5.82 Å². The highest BCUT2D eigenvalue weighted by Crippen LogP contribution is 2.25. The summed E-state index contributed by atoms with van der Waals surface area (Å²) in [5, 5.41) is 3.03. The van der Waals surface area contributed by atoms with E-state index in [0.717, 1.165) is 6.42 Å². The normalized spacial score (nSPS) is 16.9. The van der Waals surface area contributed by atoms with Gasteiger partial charge in [0.15, 0.2) is 0 Å². The molecular formula is C18H16ClFN2O2. The molecule has 0 aliphatic carbocycles. The van der Waals surface area contributed by atoms with Crippen LogP contribution in [0.3, 0.4) is 0 Å². The third-order valence-corrected chi connectivity index (χ3v) is 4.34. The van der Waals surface area contributed by atoms with E-state index in [9.17, 15) is 14.0 Å². The van der Waals surface area contributed by atoms with E-state index < -0.39 is 11.9 Å². The van der Waals surface area contributed by atoms with E-state index in [2.05, 4.69) is 5.32 Å². The highest BCUT2D eigenvalue weighted by molar-refractivity contribution is 6.33. The van der Waals surface area contributed by atoms with Gasteiger partial charge >= 0.3 is 0 Å². The smallest absolute Gasteiger partial charge is 0.256 e. The quantitative estimate of drug-likeness (QED) is 0.920. The average molecular weight is 347 g/mol. The van der Waals surface area contributed by atoms with Crippen molar-refractivity contribution in [1.82, 2.24) is 4.90 Å². The monoisotopic (exact) mass is 346 g/mol. The lowest BCUT2D eigenvalue weighted by atomic mass is 10.1. The number of carbonyl (C=O) groups is 2. The molecule has 2 aromatic rings. The first kappa shape index (κ1) is 16.5. The van der Waals surface area contributed by atoms with E-state index in [4.69, 9.17) is 11.6 Å². The third-order valence-electron chi connectivity index (χ3n) is 4.01. The van der Waals surface area contributed by atoms with Gasteiger partial charge in [0, 0.05) is 12.2 Å². The summed E-state index contributed by atoms with van der Waals surface area (Å²) in [6.07, 6.45) is 1.30. The molecule has 3 rings (SSSR count). The molecule has 0 saturated carbocycles. The van der Waals surface area contributed by atoms with Crippen LogP contribution < -0.4 is 5.32 Å². The SMILES string of the molecule is O=C(Nc1cccc(F)c1)C1CCCN1C(=O)c1ccccc1Cl. The predicted molar refractivity (Wildman–Crippen MR) is 90.5 cm³/mol. The van der Waals surface area contributed by atoms with Gasteiger partial charge in [0.1, 0.15) is 11.9 Å². The van der Waals surface area contributed by atoms with Crippen molar-refractivity contribution in [1.29, 1.82) is 0 Å². The molecule has 1 saturated heterocycles. The molecule has 1 N–H and O–H groups in total. The Morgan fingerprint density at radius 1 is 1.17 bits per heavy atom. The number of amides is 2. The van der Waals surface area contributed by atoms with Crippen molar-refractivity contribution in [3.05, 3.63) is 64.9 Å². The molecule has 0 aromatic heterocycles. The summed E-state index contributed by atoms with van der Waals surface area (Å²) in [6.45, 7) is 0.491. The Labute approximate surface area is 144 Å². The van der Waals surface area contributed by atoms with Gasteiger partial charge < -0.3 is 10.2 Å². The largest absolute Gasteiger partial charge is 0.327 e. The molecule has 1 heterocycles. The fourth-order valence-corrected chi connectivity index (χ4v) is 3.08. The van der Waals surface area contributed by atoms with Gasteiger partial charge in [-0.1, -0.05) is 29.8 Å². The number of halogens is 2. The van der Waals surface area contributed by atoms with E-state index in [1.807, 2.05) is 0 Å². The van der Waals surface area contributed by atoms with E-state index in [1.54, 1.807) is 30.3 Å². The van der Waals surface area contributed by atoms with Gasteiger partial charge in [-0.25, -0.2) is 4.39 Å². The van der Waals surface area contributed by atoms with Crippen molar-refractivity contribution in [3.8, 4) is 0 Å². The van der Waals surface area contributed by atoms with Crippen molar-refractivity contribution in [2.24, 2.45) is 0 Å². The van der Waals surface area contributed by atoms with Crippen LogP contribution >= 0.6 is 11.6 Å². The lowest BCUT2D eigenvalue weighted by Crippen LogP contribution is -2.43. The number of benzene rings is 2. The summed E-state index contributed by atoms with van der Waals surface area (Å²) >= 11 is 6.08. The second-order valence-corrected chi connectivity index (χ2v) is 6.04. The summed E-state index contributed by atoms with van der Waals surface area (Å²) < 4.78 is 13.2. The van der Waals surface area contributed by atoms with Crippen LogP contribution in [0.2, 0.25) is 5.02 Å². The maximum atomic E-state index is 13.2. The molecule has 24 heavy (non-hydrogen) atoms. The Bertz CT molecular complexity index is 781. The van der Waals surface area contributed by atoms with Gasteiger partial charge in [-0.3, -0.25) is 9.59 Å². The molecule has 1 atom stereocenters. The number of nitrogens with one attached hydrogen (secondary N) is 1. The number of carbonyl (C=O) groups excluding carboxylic acids is 2. The Morgan fingerprint density at radius 3 is 2.71 bits per heavy atom. The second kappa shape index (κ2) is 7.01. The second-order valence-electron chi connectivity index (χ2n) is 5.64. The van der Waals surface area contributed by atoms with Crippen LogP contribution in [0.15, 0.2) is 48.5 Å². The Kier molecular flexibility index (Phi) is 4.81. The van der Waals surface area contributed by atoms with Gasteiger partial charge in [-0.15, -0.1) is 0 Å². The van der Waals surface area contributed by atoms with E-state index in [1.165, 1.54) is 23.1 Å². The summed E-state index contributed by atoms with van der Waals surface area (Å²) in [5.74, 6) is -1.01. The van der Waals surface area contributed by atoms with Crippen molar-refractivity contribution in [3.63, 3.8) is 0 Å². The van der Waals surface area contributed by atoms with Crippen LogP contribution in [0.1, 0.15) is 23.2 Å². The standard InChI is InChI=1S/C18H16ClFN2O2/c19-15-8-2-1-7-14(15)18(24)22-10-4-9-16(22)17(23)21-13-6-3-5-12(20)11-13/h1-3,5-8,11,16H,4,9-10H2,(H,21,23). The van der Waals surface area contributed by atoms with E-state index in [0.29, 0.717) is 29.2 Å². The molecule has 4 nitrogen and oxygen atoms in total. The summed E-state index contributed by atoms with van der Waals surface area (Å²) in [6, 6.07) is 11.9. The fraction of sp³-hybridized carbons (Fsp3) is 0.222. The molecule has 1 fully saturated rings. The molecule has 6 heteroatoms. The number of hydrogen-bond donors (Lipinski definition) is 1. The van der Waals surface area contributed by atoms with Crippen molar-refractivity contribution < 1.29 is 14.0 Å². The Balaban J connectivity index is 1.76. The van der Waals surface area contributed by atoms with Crippen molar-refractivity contribution >= 4 is 29.1 Å². The van der Waals surface area contributed by atoms with Gasteiger partial charge in [0.05, 0.1) is 10.6 Å². The van der Waals surface area contributed by atoms with E-state index >= 15 is 0 Å². The number of anilines is 1. The molecule has 2 amide bonds. The first-order chi connectivity index (χ1) is 11.6. The molecular weight excluding hydrogens is 331 g/mol. The van der Waals surface area contributed by atoms with E-state index in [-0.39, 0.29) is 11.8 Å². The van der Waals surface area contributed by atoms with Crippen LogP contribution in [0.25, 0.3) is 0 Å². The number of rotatable bonds is 3. The molecule has 1 unspecified atom stereocenters. The lowest BCUT2D eigenvalue weighted by molar-refractivity contribution is -0.119. The zero-order chi connectivity index (χ0) is 17.1. The maximum Gasteiger partial charge on any atom is 0.256 e. The molecule has 0 spiro atoms. The highest BCUT2D eigenvalue weighted by Gasteiger charge is 2.35. The number of likely N-dealkylation sites (tertiary alicyclic amines) is 1. The fourth-order valence-electron chi connectivity index (χ4n) is 2.86. The molecule has 2 aromatic carbocycles. The zero-order valence-corrected chi connectivity index (χ0v) is 13.6. The van der Waals surface area contributed by atoms with Crippen molar-refractivity contribution in [2.45, 2.75) is 18.9 Å². The van der Waals surface area contributed by atoms with Gasteiger partial charge in [-0.2, -0.15) is 0 Å². The molecule has 124 valence electrons. The molecule has 1 aliphatic rings. The van der Waals surface area contributed by atoms with Crippen molar-refractivity contribution in [2.75, 3.05) is 11.9 Å². The summed E-state index contributed by atoms with van der Waals surface area (Å²) in [4.78, 5) is 26.7. The predicted octanol–water partition coefficient (Wildman–Crippen LogP) is 3.72. The van der Waals surface area contributed by atoms with Crippen LogP contribution in [-0.2, 0) is 4.79 Å². The Morgan fingerprint density at radius 2 is 1.96 bits per heavy atom. The molecule has 0 bridgehead atoms. The van der Waals surface area contributed by atoms with Crippen LogP contribution in [0.4, 0.5) is 10.1 Å². The minimum atomic E-state index is -0.586. The lowest BCUT2D eigenvalue weighted by Gasteiger charge is -2.24. The topological polar surface area (TPSA) is 49.4 Å². The maximum absolute atomic E-state index is 13.2. The number of nitrogens with zero attached hydrogens (tertiary/aromatic N) is 1. The third kappa shape index (κ3) is 3.41. The average Bonchev–Trinajstić information content (AvgIpc) is 3.04. The van der Waals surface area contributed by atoms with Crippen LogP contribution in [-0.4, -0.2) is 29.3 Å². The highest BCUT2D eigenvalue weighted by atomic mass is 35.5. The Hall–Kier alpha value is -2.40. The summed E-state index contributed by atoms with van der Waals surface area (Å²) in [7, 11) is 0. The molecule has 1 aliphatic heterocycles. The zero-order valence-electron chi connectivity index (χ0n) is 12.8. The van der Waals surface area contributed by atoms with Gasteiger partial charge in [0.25, 0.3) is 5.91 Å². The van der Waals surface area contributed by atoms with Gasteiger partial charge in [0.2, 0.25) is 5.91 Å². The molecule has 0 radical (unpaired) electrons. The van der Waals surface area contributed by atoms with Crippen LogP contribution in [0.5, 0.6) is 0 Å². The first-order valence-electron chi connectivity index (χ1n) is 7.68. The van der Waals surface area contributed by atoms with Gasteiger partial charge in [-0.05, 0) is 43.2 Å². The number of hydrogen-bond acceptors (Lipinski definition) is 2. The minimum absolute atomic E-state index is 0.266. The first-order valence-corrected chi connectivity index (χ1v) is 8.06.